The second-order valence-electron chi connectivity index (χ2n) is 7.46. The van der Waals surface area contributed by atoms with Crippen molar-refractivity contribution >= 4 is 5.91 Å². The van der Waals surface area contributed by atoms with Crippen molar-refractivity contribution in [2.75, 3.05) is 13.1 Å². The average Bonchev–Trinajstić information content (AvgIpc) is 3.02. The number of nitrogens with zero attached hydrogens (tertiary/aromatic N) is 2. The lowest BCUT2D eigenvalue weighted by Crippen LogP contribution is -2.50. The number of hydrogen-bond donors (Lipinski definition) is 2. The number of carbonyl (C=O) groups is 1. The fraction of sp³-hybridized carbons (Fsp3) is 0.421. The lowest BCUT2D eigenvalue weighted by molar-refractivity contribution is -0.128. The minimum atomic E-state index is -2.62. The quantitative estimate of drug-likeness (QED) is 0.848. The smallest absolute Gasteiger partial charge is 0.279 e. The van der Waals surface area contributed by atoms with Crippen molar-refractivity contribution in [3.05, 3.63) is 58.6 Å². The monoisotopic (exact) mass is 360 g/mol. The summed E-state index contributed by atoms with van der Waals surface area (Å²) in [4.78, 5) is 14.9. The van der Waals surface area contributed by atoms with Crippen molar-refractivity contribution in [2.45, 2.75) is 38.8 Å². The summed E-state index contributed by atoms with van der Waals surface area (Å²) in [7, 11) is 0. The van der Waals surface area contributed by atoms with E-state index in [1.54, 1.807) is 4.90 Å². The molecule has 1 aromatic carbocycles. The summed E-state index contributed by atoms with van der Waals surface area (Å²) in [6.45, 7) is 5.05. The van der Waals surface area contributed by atoms with Gasteiger partial charge in [0.2, 0.25) is 0 Å². The summed E-state index contributed by atoms with van der Waals surface area (Å²) in [5, 5.41) is 4.54. The normalized spacial score (nSPS) is 21.3. The first-order valence-electron chi connectivity index (χ1n) is 8.78. The van der Waals surface area contributed by atoms with Gasteiger partial charge >= 0.3 is 0 Å². The number of nitrogens with one attached hydrogen (secondary N) is 2. The van der Waals surface area contributed by atoms with Gasteiger partial charge in [0.25, 0.3) is 12.3 Å². The highest BCUT2D eigenvalue weighted by Gasteiger charge is 2.40. The van der Waals surface area contributed by atoms with E-state index in [0.29, 0.717) is 24.5 Å². The third-order valence-electron chi connectivity index (χ3n) is 5.03. The second kappa shape index (κ2) is 6.09. The molecule has 0 fully saturated rings. The van der Waals surface area contributed by atoms with Gasteiger partial charge in [-0.25, -0.2) is 14.2 Å². The van der Waals surface area contributed by atoms with Crippen molar-refractivity contribution in [1.29, 1.82) is 0 Å². The number of halogens is 2. The number of carbonyl (C=O) groups excluding carboxylic acids is 1. The molecule has 0 atom stereocenters. The molecule has 0 radical (unpaired) electrons. The third-order valence-corrected chi connectivity index (χ3v) is 5.03. The molecule has 1 amide bonds. The van der Waals surface area contributed by atoms with Crippen LogP contribution in [0.4, 0.5) is 8.78 Å². The van der Waals surface area contributed by atoms with Crippen LogP contribution in [-0.2, 0) is 17.8 Å². The first-order valence-corrected chi connectivity index (χ1v) is 8.78. The van der Waals surface area contributed by atoms with Crippen molar-refractivity contribution in [3.8, 4) is 0 Å². The lowest BCUT2D eigenvalue weighted by atomic mass is 9.98. The summed E-state index contributed by atoms with van der Waals surface area (Å²) >= 11 is 0. The molecule has 4 rings (SSSR count). The predicted octanol–water partition coefficient (Wildman–Crippen LogP) is 2.13. The van der Waals surface area contributed by atoms with Gasteiger partial charge in [-0.15, -0.1) is 0 Å². The summed E-state index contributed by atoms with van der Waals surface area (Å²) in [5.74, 6) is 0.333. The molecular formula is C19H22F2N4O. The number of allylic oxidation sites excluding steroid dienone is 1. The van der Waals surface area contributed by atoms with E-state index < -0.39 is 12.0 Å². The number of hydrazine groups is 1. The van der Waals surface area contributed by atoms with Gasteiger partial charge in [0, 0.05) is 19.6 Å². The number of amides is 1. The standard InChI is InChI=1S/C19H22F2N4O/c1-19(2)9-15(16(20)21)25-17(23-19)14(10-22-25)18(26)24-8-7-12-5-3-4-6-13(12)11-24/h3-6,9,16,22-23H,7-8,10-11H2,1-2H3. The Balaban J connectivity index is 1.63. The molecule has 3 heterocycles. The number of rotatable bonds is 2. The molecule has 0 spiro atoms. The van der Waals surface area contributed by atoms with Crippen LogP contribution in [0.5, 0.6) is 0 Å². The Hall–Kier alpha value is -2.41. The van der Waals surface area contributed by atoms with E-state index in [0.717, 1.165) is 12.0 Å². The van der Waals surface area contributed by atoms with Gasteiger partial charge in [-0.05, 0) is 37.5 Å². The predicted molar refractivity (Wildman–Crippen MR) is 93.7 cm³/mol. The van der Waals surface area contributed by atoms with Crippen LogP contribution >= 0.6 is 0 Å². The number of alkyl halides is 2. The van der Waals surface area contributed by atoms with Crippen molar-refractivity contribution in [3.63, 3.8) is 0 Å². The van der Waals surface area contributed by atoms with Gasteiger partial charge < -0.3 is 10.2 Å². The number of benzene rings is 1. The molecule has 7 heteroatoms. The molecule has 1 aromatic rings. The maximum atomic E-state index is 13.5. The summed E-state index contributed by atoms with van der Waals surface area (Å²) in [5.41, 5.74) is 5.07. The molecule has 138 valence electrons. The summed E-state index contributed by atoms with van der Waals surface area (Å²) < 4.78 is 26.9. The van der Waals surface area contributed by atoms with E-state index in [4.69, 9.17) is 0 Å². The molecule has 26 heavy (non-hydrogen) atoms. The van der Waals surface area contributed by atoms with E-state index in [9.17, 15) is 13.6 Å². The zero-order valence-corrected chi connectivity index (χ0v) is 14.9. The van der Waals surface area contributed by atoms with Gasteiger partial charge in [0.05, 0.1) is 11.1 Å². The molecular weight excluding hydrogens is 338 g/mol. The molecule has 3 aliphatic rings. The van der Waals surface area contributed by atoms with Crippen molar-refractivity contribution in [2.24, 2.45) is 0 Å². The number of fused-ring (bicyclic) bond motifs is 2. The number of hydrogen-bond acceptors (Lipinski definition) is 4. The summed E-state index contributed by atoms with van der Waals surface area (Å²) in [6, 6.07) is 8.10. The fourth-order valence-electron chi connectivity index (χ4n) is 3.78. The minimum Gasteiger partial charge on any atom is -0.362 e. The van der Waals surface area contributed by atoms with Crippen LogP contribution in [0.2, 0.25) is 0 Å². The highest BCUT2D eigenvalue weighted by molar-refractivity contribution is 5.95. The molecule has 0 aliphatic carbocycles. The van der Waals surface area contributed by atoms with E-state index in [1.807, 2.05) is 32.0 Å². The van der Waals surface area contributed by atoms with E-state index in [-0.39, 0.29) is 18.1 Å². The van der Waals surface area contributed by atoms with Crippen LogP contribution in [0.25, 0.3) is 0 Å². The third kappa shape index (κ3) is 2.86. The Kier molecular flexibility index (Phi) is 3.99. The van der Waals surface area contributed by atoms with Gasteiger partial charge in [0.15, 0.2) is 0 Å². The Morgan fingerprint density at radius 3 is 2.69 bits per heavy atom. The van der Waals surface area contributed by atoms with Crippen LogP contribution in [0.3, 0.4) is 0 Å². The molecule has 5 nitrogen and oxygen atoms in total. The minimum absolute atomic E-state index is 0.108. The summed E-state index contributed by atoms with van der Waals surface area (Å²) in [6.07, 6.45) is -0.309. The van der Waals surface area contributed by atoms with E-state index >= 15 is 0 Å². The molecule has 0 saturated carbocycles. The maximum absolute atomic E-state index is 13.5. The van der Waals surface area contributed by atoms with Crippen LogP contribution in [0.1, 0.15) is 25.0 Å². The lowest BCUT2D eigenvalue weighted by Gasteiger charge is -2.38. The first kappa shape index (κ1) is 17.0. The first-order chi connectivity index (χ1) is 12.4. The van der Waals surface area contributed by atoms with E-state index in [1.165, 1.54) is 16.6 Å². The van der Waals surface area contributed by atoms with Crippen LogP contribution < -0.4 is 10.7 Å². The second-order valence-corrected chi connectivity index (χ2v) is 7.46. The van der Waals surface area contributed by atoms with Gasteiger partial charge in [-0.1, -0.05) is 24.3 Å². The highest BCUT2D eigenvalue weighted by Crippen LogP contribution is 2.32. The Bertz CT molecular complexity index is 816. The molecule has 0 saturated heterocycles. The van der Waals surface area contributed by atoms with Gasteiger partial charge in [0.1, 0.15) is 11.5 Å². The maximum Gasteiger partial charge on any atom is 0.279 e. The van der Waals surface area contributed by atoms with Crippen LogP contribution in [0.15, 0.2) is 47.4 Å². The Morgan fingerprint density at radius 2 is 1.96 bits per heavy atom. The molecule has 2 N–H and O–H groups in total. The largest absolute Gasteiger partial charge is 0.362 e. The van der Waals surface area contributed by atoms with Crippen molar-refractivity contribution < 1.29 is 13.6 Å². The average molecular weight is 360 g/mol. The molecule has 0 bridgehead atoms. The van der Waals surface area contributed by atoms with Crippen molar-refractivity contribution in [1.82, 2.24) is 20.7 Å². The Labute approximate surface area is 151 Å². The highest BCUT2D eigenvalue weighted by atomic mass is 19.3. The van der Waals surface area contributed by atoms with Crippen LogP contribution in [0, 0.1) is 0 Å². The zero-order valence-electron chi connectivity index (χ0n) is 14.9. The fourth-order valence-corrected chi connectivity index (χ4v) is 3.78. The Morgan fingerprint density at radius 1 is 1.23 bits per heavy atom. The van der Waals surface area contributed by atoms with E-state index in [2.05, 4.69) is 16.8 Å². The SMILES string of the molecule is CC1(C)C=C(C(F)F)N2NCC(C(=O)N3CCc4ccccc4C3)=C2N1. The zero-order chi connectivity index (χ0) is 18.5. The molecule has 0 unspecified atom stereocenters. The molecule has 3 aliphatic heterocycles. The topological polar surface area (TPSA) is 47.6 Å². The van der Waals surface area contributed by atoms with Gasteiger partial charge in [-0.3, -0.25) is 9.80 Å². The van der Waals surface area contributed by atoms with Gasteiger partial charge in [-0.2, -0.15) is 0 Å². The molecule has 0 aromatic heterocycles. The van der Waals surface area contributed by atoms with Crippen LogP contribution in [-0.4, -0.2) is 40.9 Å².